The van der Waals surface area contributed by atoms with E-state index < -0.39 is 0 Å². The van der Waals surface area contributed by atoms with Crippen molar-refractivity contribution in [2.45, 2.75) is 6.92 Å². The zero-order valence-electron chi connectivity index (χ0n) is 8.78. The zero-order valence-corrected chi connectivity index (χ0v) is 9.60. The van der Waals surface area contributed by atoms with Crippen LogP contribution in [0.2, 0.25) is 0 Å². The first-order valence-electron chi connectivity index (χ1n) is 4.71. The third kappa shape index (κ3) is 1.97. The molecule has 0 saturated carbocycles. The molecule has 0 aliphatic carbocycles. The maximum atomic E-state index is 5.78. The highest BCUT2D eigenvalue weighted by atomic mass is 32.1. The Kier molecular flexibility index (Phi) is 2.64. The predicted octanol–water partition coefficient (Wildman–Crippen LogP) is 3.31. The maximum absolute atomic E-state index is 5.78. The Labute approximate surface area is 93.3 Å². The van der Waals surface area contributed by atoms with Crippen LogP contribution in [0.1, 0.15) is 4.88 Å². The average Bonchev–Trinajstić information content (AvgIpc) is 2.65. The van der Waals surface area contributed by atoms with Gasteiger partial charge in [-0.1, -0.05) is 0 Å². The van der Waals surface area contributed by atoms with E-state index in [1.807, 2.05) is 18.2 Å². The first kappa shape index (κ1) is 10.1. The summed E-state index contributed by atoms with van der Waals surface area (Å²) < 4.78 is 5.32. The largest absolute Gasteiger partial charge is 0.496 e. The standard InChI is InChI=1S/C12H13NOS/c1-8-3-6-12(15-8)10-7-9(13)4-5-11(10)14-2/h3-7H,13H2,1-2H3. The molecule has 2 rings (SSSR count). The average molecular weight is 219 g/mol. The highest BCUT2D eigenvalue weighted by Gasteiger charge is 2.07. The summed E-state index contributed by atoms with van der Waals surface area (Å²) in [5.41, 5.74) is 7.60. The van der Waals surface area contributed by atoms with Gasteiger partial charge in [-0.15, -0.1) is 11.3 Å². The van der Waals surface area contributed by atoms with Gasteiger partial charge < -0.3 is 10.5 Å². The summed E-state index contributed by atoms with van der Waals surface area (Å²) in [6.07, 6.45) is 0. The molecule has 3 heteroatoms. The Morgan fingerprint density at radius 3 is 2.60 bits per heavy atom. The van der Waals surface area contributed by atoms with Gasteiger partial charge in [-0.3, -0.25) is 0 Å². The molecule has 1 heterocycles. The molecule has 0 bridgehead atoms. The number of anilines is 1. The summed E-state index contributed by atoms with van der Waals surface area (Å²) in [6.45, 7) is 2.09. The fourth-order valence-electron chi connectivity index (χ4n) is 1.50. The van der Waals surface area contributed by atoms with E-state index >= 15 is 0 Å². The summed E-state index contributed by atoms with van der Waals surface area (Å²) in [6, 6.07) is 9.90. The van der Waals surface area contributed by atoms with Crippen LogP contribution in [0, 0.1) is 6.92 Å². The number of benzene rings is 1. The minimum absolute atomic E-state index is 0.761. The summed E-state index contributed by atoms with van der Waals surface area (Å²) in [5, 5.41) is 0. The molecule has 0 fully saturated rings. The molecule has 0 radical (unpaired) electrons. The third-order valence-electron chi connectivity index (χ3n) is 2.23. The zero-order chi connectivity index (χ0) is 10.8. The molecule has 2 N–H and O–H groups in total. The van der Waals surface area contributed by atoms with Crippen molar-refractivity contribution in [1.82, 2.24) is 0 Å². The minimum atomic E-state index is 0.761. The van der Waals surface area contributed by atoms with Crippen molar-refractivity contribution >= 4 is 17.0 Å². The van der Waals surface area contributed by atoms with Crippen LogP contribution < -0.4 is 10.5 Å². The van der Waals surface area contributed by atoms with Gasteiger partial charge in [-0.05, 0) is 37.3 Å². The van der Waals surface area contributed by atoms with Crippen molar-refractivity contribution in [3.8, 4) is 16.2 Å². The number of hydrogen-bond donors (Lipinski definition) is 1. The summed E-state index contributed by atoms with van der Waals surface area (Å²) in [7, 11) is 1.68. The van der Waals surface area contributed by atoms with Crippen LogP contribution in [0.4, 0.5) is 5.69 Å². The summed E-state index contributed by atoms with van der Waals surface area (Å²) in [5.74, 6) is 0.867. The number of aryl methyl sites for hydroxylation is 1. The van der Waals surface area contributed by atoms with Gasteiger partial charge in [0.25, 0.3) is 0 Å². The molecule has 2 aromatic rings. The first-order chi connectivity index (χ1) is 7.20. The van der Waals surface area contributed by atoms with Crippen molar-refractivity contribution in [2.24, 2.45) is 0 Å². The molecule has 78 valence electrons. The molecule has 0 spiro atoms. The molecular weight excluding hydrogens is 206 g/mol. The number of nitrogens with two attached hydrogens (primary N) is 1. The van der Waals surface area contributed by atoms with E-state index in [9.17, 15) is 0 Å². The van der Waals surface area contributed by atoms with Gasteiger partial charge in [0.05, 0.1) is 7.11 Å². The SMILES string of the molecule is COc1ccc(N)cc1-c1ccc(C)s1. The molecule has 1 aromatic carbocycles. The fraction of sp³-hybridized carbons (Fsp3) is 0.167. The molecule has 2 nitrogen and oxygen atoms in total. The van der Waals surface area contributed by atoms with Crippen LogP contribution in [0.15, 0.2) is 30.3 Å². The smallest absolute Gasteiger partial charge is 0.127 e. The summed E-state index contributed by atoms with van der Waals surface area (Å²) in [4.78, 5) is 2.48. The van der Waals surface area contributed by atoms with Crippen molar-refractivity contribution in [3.05, 3.63) is 35.2 Å². The molecule has 0 unspecified atom stereocenters. The van der Waals surface area contributed by atoms with E-state index in [4.69, 9.17) is 10.5 Å². The van der Waals surface area contributed by atoms with E-state index in [0.717, 1.165) is 17.0 Å². The van der Waals surface area contributed by atoms with Crippen molar-refractivity contribution in [2.75, 3.05) is 12.8 Å². The lowest BCUT2D eigenvalue weighted by Crippen LogP contribution is -1.89. The maximum Gasteiger partial charge on any atom is 0.127 e. The molecule has 0 aliphatic rings. The van der Waals surface area contributed by atoms with Gasteiger partial charge in [0, 0.05) is 21.0 Å². The van der Waals surface area contributed by atoms with E-state index in [1.54, 1.807) is 18.4 Å². The number of rotatable bonds is 2. The second-order valence-electron chi connectivity index (χ2n) is 3.37. The molecule has 1 aromatic heterocycles. The lowest BCUT2D eigenvalue weighted by molar-refractivity contribution is 0.416. The lowest BCUT2D eigenvalue weighted by Gasteiger charge is -2.07. The second kappa shape index (κ2) is 3.95. The fourth-order valence-corrected chi connectivity index (χ4v) is 2.39. The molecular formula is C12H13NOS. The Hall–Kier alpha value is -1.48. The van der Waals surface area contributed by atoms with Gasteiger partial charge >= 0.3 is 0 Å². The van der Waals surface area contributed by atoms with E-state index in [-0.39, 0.29) is 0 Å². The minimum Gasteiger partial charge on any atom is -0.496 e. The van der Waals surface area contributed by atoms with Crippen LogP contribution in [0.3, 0.4) is 0 Å². The van der Waals surface area contributed by atoms with E-state index in [1.165, 1.54) is 9.75 Å². The normalized spacial score (nSPS) is 10.3. The molecule has 0 saturated heterocycles. The van der Waals surface area contributed by atoms with E-state index in [0.29, 0.717) is 0 Å². The third-order valence-corrected chi connectivity index (χ3v) is 3.26. The van der Waals surface area contributed by atoms with Gasteiger partial charge in [-0.2, -0.15) is 0 Å². The number of methoxy groups -OCH3 is 1. The number of nitrogen functional groups attached to an aromatic ring is 1. The Balaban J connectivity index is 2.55. The van der Waals surface area contributed by atoms with Gasteiger partial charge in [-0.25, -0.2) is 0 Å². The molecule has 0 atom stereocenters. The van der Waals surface area contributed by atoms with Crippen LogP contribution in [-0.2, 0) is 0 Å². The van der Waals surface area contributed by atoms with Crippen molar-refractivity contribution < 1.29 is 4.74 Å². The number of thiophene rings is 1. The van der Waals surface area contributed by atoms with Crippen LogP contribution in [0.5, 0.6) is 5.75 Å². The quantitative estimate of drug-likeness (QED) is 0.786. The molecule has 0 amide bonds. The van der Waals surface area contributed by atoms with Gasteiger partial charge in [0.15, 0.2) is 0 Å². The van der Waals surface area contributed by atoms with Gasteiger partial charge in [0.2, 0.25) is 0 Å². The van der Waals surface area contributed by atoms with E-state index in [2.05, 4.69) is 19.1 Å². The topological polar surface area (TPSA) is 35.2 Å². The van der Waals surface area contributed by atoms with Crippen LogP contribution in [0.25, 0.3) is 10.4 Å². The monoisotopic (exact) mass is 219 g/mol. The Morgan fingerprint density at radius 1 is 1.20 bits per heavy atom. The number of ether oxygens (including phenoxy) is 1. The van der Waals surface area contributed by atoms with Crippen molar-refractivity contribution in [3.63, 3.8) is 0 Å². The summed E-state index contributed by atoms with van der Waals surface area (Å²) >= 11 is 1.74. The number of hydrogen-bond acceptors (Lipinski definition) is 3. The lowest BCUT2D eigenvalue weighted by atomic mass is 10.1. The highest BCUT2D eigenvalue weighted by Crippen LogP contribution is 2.35. The first-order valence-corrected chi connectivity index (χ1v) is 5.52. The molecule has 0 aliphatic heterocycles. The van der Waals surface area contributed by atoms with Gasteiger partial charge in [0.1, 0.15) is 5.75 Å². The predicted molar refractivity (Wildman–Crippen MR) is 65.5 cm³/mol. The highest BCUT2D eigenvalue weighted by molar-refractivity contribution is 7.15. The van der Waals surface area contributed by atoms with Crippen molar-refractivity contribution in [1.29, 1.82) is 0 Å². The Bertz CT molecular complexity index is 476. The second-order valence-corrected chi connectivity index (χ2v) is 4.66. The Morgan fingerprint density at radius 2 is 2.00 bits per heavy atom. The molecule has 15 heavy (non-hydrogen) atoms. The van der Waals surface area contributed by atoms with Crippen LogP contribution in [-0.4, -0.2) is 7.11 Å². The van der Waals surface area contributed by atoms with Crippen LogP contribution >= 0.6 is 11.3 Å².